The molecule has 1 heteroatoms. The summed E-state index contributed by atoms with van der Waals surface area (Å²) in [6.45, 7) is 6.60. The van der Waals surface area contributed by atoms with Gasteiger partial charge in [0.2, 0.25) is 0 Å². The van der Waals surface area contributed by atoms with E-state index >= 15 is 0 Å². The molecule has 0 aromatic carbocycles. The van der Waals surface area contributed by atoms with E-state index in [1.165, 1.54) is 12.8 Å². The Labute approximate surface area is 57.4 Å². The summed E-state index contributed by atoms with van der Waals surface area (Å²) in [5.74, 6) is 0.704. The van der Waals surface area contributed by atoms with Crippen LogP contribution in [0.25, 0.3) is 0 Å². The Bertz CT molecular complexity index is 88.6. The zero-order chi connectivity index (χ0) is 6.85. The molecule has 1 rings (SSSR count). The van der Waals surface area contributed by atoms with E-state index in [0.29, 0.717) is 18.1 Å². The van der Waals surface area contributed by atoms with Crippen LogP contribution in [0.5, 0.6) is 0 Å². The highest BCUT2D eigenvalue weighted by molar-refractivity contribution is 4.72. The molecule has 1 saturated heterocycles. The molecule has 0 aromatic rings. The minimum atomic E-state index is 0.511. The van der Waals surface area contributed by atoms with Crippen LogP contribution in [-0.4, -0.2) is 12.2 Å². The van der Waals surface area contributed by atoms with E-state index in [2.05, 4.69) is 20.8 Å². The van der Waals surface area contributed by atoms with E-state index in [1.807, 2.05) is 0 Å². The molecule has 0 aromatic heterocycles. The van der Waals surface area contributed by atoms with Gasteiger partial charge in [0.25, 0.3) is 0 Å². The molecule has 1 nitrogen and oxygen atoms in total. The Balaban J connectivity index is 2.30. The SMILES string of the molecule is CC(C)[C@@H]1CC[C@H](C)O1. The van der Waals surface area contributed by atoms with Crippen LogP contribution in [-0.2, 0) is 4.74 Å². The minimum absolute atomic E-state index is 0.511. The maximum absolute atomic E-state index is 5.62. The number of rotatable bonds is 1. The fourth-order valence-electron chi connectivity index (χ4n) is 1.32. The van der Waals surface area contributed by atoms with Gasteiger partial charge in [-0.05, 0) is 25.7 Å². The topological polar surface area (TPSA) is 9.23 Å². The number of hydrogen-bond acceptors (Lipinski definition) is 1. The number of ether oxygens (including phenoxy) is 1. The summed E-state index contributed by atoms with van der Waals surface area (Å²) < 4.78 is 5.62. The van der Waals surface area contributed by atoms with Gasteiger partial charge in [0, 0.05) is 0 Å². The zero-order valence-corrected chi connectivity index (χ0v) is 6.55. The fraction of sp³-hybridized carbons (Fsp3) is 1.00. The molecule has 1 fully saturated rings. The molecule has 0 saturated carbocycles. The molecule has 0 amide bonds. The lowest BCUT2D eigenvalue weighted by Gasteiger charge is -2.13. The first kappa shape index (κ1) is 7.07. The van der Waals surface area contributed by atoms with Gasteiger partial charge >= 0.3 is 0 Å². The predicted molar refractivity (Wildman–Crippen MR) is 38.4 cm³/mol. The van der Waals surface area contributed by atoms with Gasteiger partial charge in [0.1, 0.15) is 0 Å². The molecule has 1 aliphatic heterocycles. The lowest BCUT2D eigenvalue weighted by molar-refractivity contribution is 0.0288. The maximum Gasteiger partial charge on any atom is 0.0602 e. The van der Waals surface area contributed by atoms with E-state index in [0.717, 1.165) is 0 Å². The van der Waals surface area contributed by atoms with Gasteiger partial charge in [-0.15, -0.1) is 0 Å². The van der Waals surface area contributed by atoms with Crippen molar-refractivity contribution in [3.63, 3.8) is 0 Å². The van der Waals surface area contributed by atoms with E-state index < -0.39 is 0 Å². The monoisotopic (exact) mass is 128 g/mol. The molecule has 0 N–H and O–H groups in total. The van der Waals surface area contributed by atoms with Crippen LogP contribution in [0.2, 0.25) is 0 Å². The molecule has 54 valence electrons. The molecule has 1 heterocycles. The molecule has 0 unspecified atom stereocenters. The third kappa shape index (κ3) is 1.68. The summed E-state index contributed by atoms with van der Waals surface area (Å²) in [6, 6.07) is 0. The van der Waals surface area contributed by atoms with Crippen LogP contribution < -0.4 is 0 Å². The Morgan fingerprint density at radius 3 is 2.22 bits per heavy atom. The fourth-order valence-corrected chi connectivity index (χ4v) is 1.32. The lowest BCUT2D eigenvalue weighted by Crippen LogP contribution is -2.14. The molecular weight excluding hydrogens is 112 g/mol. The van der Waals surface area contributed by atoms with Gasteiger partial charge in [-0.25, -0.2) is 0 Å². The zero-order valence-electron chi connectivity index (χ0n) is 6.55. The molecule has 2 atom stereocenters. The van der Waals surface area contributed by atoms with Gasteiger partial charge in [-0.3, -0.25) is 0 Å². The van der Waals surface area contributed by atoms with Crippen molar-refractivity contribution >= 4 is 0 Å². The molecular formula is C8H16O. The molecule has 9 heavy (non-hydrogen) atoms. The van der Waals surface area contributed by atoms with Gasteiger partial charge in [-0.2, -0.15) is 0 Å². The lowest BCUT2D eigenvalue weighted by atomic mass is 10.0. The average Bonchev–Trinajstić information content (AvgIpc) is 2.14. The summed E-state index contributed by atoms with van der Waals surface area (Å²) in [4.78, 5) is 0. The van der Waals surface area contributed by atoms with Crippen LogP contribution in [0, 0.1) is 5.92 Å². The first-order valence-corrected chi connectivity index (χ1v) is 3.85. The predicted octanol–water partition coefficient (Wildman–Crippen LogP) is 2.21. The van der Waals surface area contributed by atoms with Crippen LogP contribution in [0.15, 0.2) is 0 Å². The average molecular weight is 128 g/mol. The highest BCUT2D eigenvalue weighted by atomic mass is 16.5. The Morgan fingerprint density at radius 1 is 1.33 bits per heavy atom. The molecule has 1 aliphatic rings. The quantitative estimate of drug-likeness (QED) is 0.526. The van der Waals surface area contributed by atoms with E-state index in [4.69, 9.17) is 4.74 Å². The maximum atomic E-state index is 5.62. The summed E-state index contributed by atoms with van der Waals surface area (Å²) in [5, 5.41) is 0. The van der Waals surface area contributed by atoms with Crippen molar-refractivity contribution in [3.8, 4) is 0 Å². The Morgan fingerprint density at radius 2 is 2.00 bits per heavy atom. The van der Waals surface area contributed by atoms with Crippen molar-refractivity contribution < 1.29 is 4.74 Å². The highest BCUT2D eigenvalue weighted by Crippen LogP contribution is 2.24. The third-order valence-electron chi connectivity index (χ3n) is 2.01. The number of hydrogen-bond donors (Lipinski definition) is 0. The first-order chi connectivity index (χ1) is 4.20. The van der Waals surface area contributed by atoms with Crippen LogP contribution in [0.1, 0.15) is 33.6 Å². The van der Waals surface area contributed by atoms with Crippen LogP contribution in [0.3, 0.4) is 0 Å². The van der Waals surface area contributed by atoms with Gasteiger partial charge in [0.15, 0.2) is 0 Å². The third-order valence-corrected chi connectivity index (χ3v) is 2.01. The largest absolute Gasteiger partial charge is 0.375 e. The summed E-state index contributed by atoms with van der Waals surface area (Å²) in [6.07, 6.45) is 3.57. The summed E-state index contributed by atoms with van der Waals surface area (Å²) in [5.41, 5.74) is 0. The van der Waals surface area contributed by atoms with Crippen LogP contribution in [0.4, 0.5) is 0 Å². The molecule has 0 spiro atoms. The molecule has 0 radical (unpaired) electrons. The van der Waals surface area contributed by atoms with E-state index in [9.17, 15) is 0 Å². The first-order valence-electron chi connectivity index (χ1n) is 3.85. The van der Waals surface area contributed by atoms with E-state index in [-0.39, 0.29) is 0 Å². The minimum Gasteiger partial charge on any atom is -0.375 e. The van der Waals surface area contributed by atoms with Crippen molar-refractivity contribution in [3.05, 3.63) is 0 Å². The Hall–Kier alpha value is -0.0400. The second-order valence-electron chi connectivity index (χ2n) is 3.31. The highest BCUT2D eigenvalue weighted by Gasteiger charge is 2.23. The standard InChI is InChI=1S/C8H16O/c1-6(2)8-5-4-7(3)9-8/h6-8H,4-5H2,1-3H3/t7-,8-/m0/s1. The van der Waals surface area contributed by atoms with Gasteiger partial charge in [0.05, 0.1) is 12.2 Å². The van der Waals surface area contributed by atoms with Crippen molar-refractivity contribution in [2.24, 2.45) is 5.92 Å². The van der Waals surface area contributed by atoms with E-state index in [1.54, 1.807) is 0 Å². The van der Waals surface area contributed by atoms with Gasteiger partial charge < -0.3 is 4.74 Å². The van der Waals surface area contributed by atoms with Crippen molar-refractivity contribution in [1.82, 2.24) is 0 Å². The summed E-state index contributed by atoms with van der Waals surface area (Å²) >= 11 is 0. The van der Waals surface area contributed by atoms with Crippen molar-refractivity contribution in [1.29, 1.82) is 0 Å². The van der Waals surface area contributed by atoms with Crippen molar-refractivity contribution in [2.45, 2.75) is 45.8 Å². The second-order valence-corrected chi connectivity index (χ2v) is 3.31. The van der Waals surface area contributed by atoms with Crippen LogP contribution >= 0.6 is 0 Å². The normalized spacial score (nSPS) is 36.0. The van der Waals surface area contributed by atoms with Gasteiger partial charge in [-0.1, -0.05) is 13.8 Å². The van der Waals surface area contributed by atoms with Crippen molar-refractivity contribution in [2.75, 3.05) is 0 Å². The smallest absolute Gasteiger partial charge is 0.0602 e. The second kappa shape index (κ2) is 2.70. The molecule has 0 aliphatic carbocycles. The molecule has 0 bridgehead atoms. The summed E-state index contributed by atoms with van der Waals surface area (Å²) in [7, 11) is 0. The Kier molecular flexibility index (Phi) is 2.12.